The van der Waals surface area contributed by atoms with E-state index in [2.05, 4.69) is 4.99 Å². The van der Waals surface area contributed by atoms with Crippen LogP contribution in [0.15, 0.2) is 57.5 Å². The number of aromatic nitrogens is 1. The zero-order valence-corrected chi connectivity index (χ0v) is 21.5. The summed E-state index contributed by atoms with van der Waals surface area (Å²) in [6.07, 6.45) is 1.51. The van der Waals surface area contributed by atoms with Crippen LogP contribution in [0.1, 0.15) is 37.9 Å². The molecule has 1 aliphatic heterocycles. The third-order valence-corrected chi connectivity index (χ3v) is 6.86. The number of esters is 1. The first kappa shape index (κ1) is 25.0. The molecule has 0 spiro atoms. The van der Waals surface area contributed by atoms with Gasteiger partial charge in [-0.2, -0.15) is 0 Å². The molecular weight excluding hydrogens is 511 g/mol. The maximum atomic E-state index is 13.6. The van der Waals surface area contributed by atoms with Gasteiger partial charge in [0.05, 0.1) is 40.1 Å². The van der Waals surface area contributed by atoms with Crippen molar-refractivity contribution in [1.82, 2.24) is 4.57 Å². The van der Waals surface area contributed by atoms with Gasteiger partial charge in [-0.15, -0.1) is 0 Å². The molecule has 4 rings (SSSR count). The molecule has 0 fully saturated rings. The maximum Gasteiger partial charge on any atom is 0.338 e. The van der Waals surface area contributed by atoms with E-state index in [4.69, 9.17) is 32.7 Å². The minimum Gasteiger partial charge on any atom is -0.506 e. The third-order valence-electron chi connectivity index (χ3n) is 5.37. The topological polar surface area (TPSA) is 90.1 Å². The number of benzene rings is 2. The summed E-state index contributed by atoms with van der Waals surface area (Å²) < 4.78 is 12.6. The molecule has 35 heavy (non-hydrogen) atoms. The number of halogens is 2. The molecule has 0 bridgehead atoms. The minimum absolute atomic E-state index is 0.0734. The van der Waals surface area contributed by atoms with Crippen LogP contribution in [0.3, 0.4) is 0 Å². The Hall–Kier alpha value is -3.07. The van der Waals surface area contributed by atoms with E-state index in [1.807, 2.05) is 19.1 Å². The van der Waals surface area contributed by atoms with Crippen molar-refractivity contribution in [3.8, 4) is 11.5 Å². The lowest BCUT2D eigenvalue weighted by Gasteiger charge is -2.24. The Bertz CT molecular complexity index is 1510. The molecule has 7 nitrogen and oxygen atoms in total. The van der Waals surface area contributed by atoms with Gasteiger partial charge in [0.15, 0.2) is 4.80 Å². The Labute approximate surface area is 215 Å². The van der Waals surface area contributed by atoms with Crippen LogP contribution in [0.4, 0.5) is 0 Å². The van der Waals surface area contributed by atoms with E-state index in [1.165, 1.54) is 22.8 Å². The second kappa shape index (κ2) is 10.3. The minimum atomic E-state index is -0.750. The average Bonchev–Trinajstić information content (AvgIpc) is 3.11. The van der Waals surface area contributed by atoms with Gasteiger partial charge in [0, 0.05) is 10.6 Å². The fourth-order valence-electron chi connectivity index (χ4n) is 3.86. The van der Waals surface area contributed by atoms with E-state index in [0.717, 1.165) is 11.3 Å². The highest BCUT2D eigenvalue weighted by atomic mass is 35.5. The number of rotatable bonds is 6. The fraction of sp³-hybridized carbons (Fsp3) is 0.240. The number of phenolic OH excluding ortho intramolecular Hbond substituents is 1. The van der Waals surface area contributed by atoms with Crippen LogP contribution >= 0.6 is 34.5 Å². The lowest BCUT2D eigenvalue weighted by Crippen LogP contribution is -2.39. The summed E-state index contributed by atoms with van der Waals surface area (Å²) >= 11 is 13.3. The normalized spacial score (nSPS) is 15.6. The lowest BCUT2D eigenvalue weighted by molar-refractivity contribution is -0.139. The van der Waals surface area contributed by atoms with E-state index in [0.29, 0.717) is 43.5 Å². The van der Waals surface area contributed by atoms with Crippen molar-refractivity contribution in [2.45, 2.75) is 26.8 Å². The van der Waals surface area contributed by atoms with Crippen LogP contribution in [0.2, 0.25) is 10.0 Å². The first-order valence-corrected chi connectivity index (χ1v) is 12.4. The summed E-state index contributed by atoms with van der Waals surface area (Å²) in [7, 11) is 0. The molecule has 0 saturated carbocycles. The quantitative estimate of drug-likeness (QED) is 0.480. The van der Waals surface area contributed by atoms with Crippen molar-refractivity contribution < 1.29 is 19.4 Å². The molecule has 0 unspecified atom stereocenters. The van der Waals surface area contributed by atoms with Crippen molar-refractivity contribution in [3.63, 3.8) is 0 Å². The predicted molar refractivity (Wildman–Crippen MR) is 136 cm³/mol. The molecule has 1 N–H and O–H groups in total. The summed E-state index contributed by atoms with van der Waals surface area (Å²) in [6, 6.07) is 9.39. The van der Waals surface area contributed by atoms with Crippen LogP contribution in [0, 0.1) is 0 Å². The zero-order valence-electron chi connectivity index (χ0n) is 19.2. The number of phenols is 1. The van der Waals surface area contributed by atoms with Gasteiger partial charge >= 0.3 is 5.97 Å². The number of fused-ring (bicyclic) bond motifs is 1. The number of aromatic hydroxyl groups is 1. The van der Waals surface area contributed by atoms with E-state index in [1.54, 1.807) is 26.0 Å². The molecule has 2 heterocycles. The van der Waals surface area contributed by atoms with Gasteiger partial charge in [-0.1, -0.05) is 46.7 Å². The number of carbonyl (C=O) groups excluding carboxylic acids is 1. The molecule has 1 atom stereocenters. The zero-order chi connectivity index (χ0) is 25.3. The highest BCUT2D eigenvalue weighted by molar-refractivity contribution is 7.07. The standard InChI is InChI=1S/C25H22Cl2N2O5S/c1-4-33-17-8-6-14(7-9-17)21-20(24(32)34-5-2)13(3)28-25-29(21)23(31)19(35-25)11-15-10-16(26)12-18(27)22(15)30/h6-12,21,30H,4-5H2,1-3H3/b19-11-/t21-/m0/s1. The Morgan fingerprint density at radius 1 is 1.20 bits per heavy atom. The van der Waals surface area contributed by atoms with Crippen molar-refractivity contribution in [3.05, 3.63) is 88.5 Å². The Morgan fingerprint density at radius 3 is 2.57 bits per heavy atom. The Morgan fingerprint density at radius 2 is 1.91 bits per heavy atom. The summed E-state index contributed by atoms with van der Waals surface area (Å²) in [4.78, 5) is 31.5. The average molecular weight is 533 g/mol. The molecule has 0 amide bonds. The van der Waals surface area contributed by atoms with Crippen molar-refractivity contribution in [1.29, 1.82) is 0 Å². The first-order valence-electron chi connectivity index (χ1n) is 10.9. The van der Waals surface area contributed by atoms with E-state index >= 15 is 0 Å². The number of nitrogens with zero attached hydrogens (tertiary/aromatic N) is 2. The highest BCUT2D eigenvalue weighted by Crippen LogP contribution is 2.33. The van der Waals surface area contributed by atoms with Crippen LogP contribution < -0.4 is 19.6 Å². The number of hydrogen-bond donors (Lipinski definition) is 1. The summed E-state index contributed by atoms with van der Waals surface area (Å²) in [5.41, 5.74) is 1.36. The highest BCUT2D eigenvalue weighted by Gasteiger charge is 2.33. The third kappa shape index (κ3) is 4.87. The van der Waals surface area contributed by atoms with Gasteiger partial charge < -0.3 is 14.6 Å². The number of thiazole rings is 1. The van der Waals surface area contributed by atoms with Crippen LogP contribution in [-0.4, -0.2) is 28.9 Å². The molecular formula is C25H22Cl2N2O5S. The monoisotopic (exact) mass is 532 g/mol. The SMILES string of the molecule is CCOC(=O)C1=C(C)N=c2s/c(=C\c3cc(Cl)cc(Cl)c3O)c(=O)n2[C@H]1c1ccc(OCC)cc1. The first-order chi connectivity index (χ1) is 16.7. The van der Waals surface area contributed by atoms with Gasteiger partial charge in [-0.05, 0) is 56.7 Å². The van der Waals surface area contributed by atoms with Gasteiger partial charge in [0.2, 0.25) is 0 Å². The van der Waals surface area contributed by atoms with Gasteiger partial charge in [-0.25, -0.2) is 9.79 Å². The molecule has 10 heteroatoms. The van der Waals surface area contributed by atoms with Gasteiger partial charge in [-0.3, -0.25) is 9.36 Å². The molecule has 182 valence electrons. The number of carbonyl (C=O) groups is 1. The molecule has 1 aliphatic rings. The van der Waals surface area contributed by atoms with Crippen molar-refractivity contribution >= 4 is 46.6 Å². The number of ether oxygens (including phenoxy) is 2. The fourth-order valence-corrected chi connectivity index (χ4v) is 5.40. The second-order valence-electron chi connectivity index (χ2n) is 7.63. The Balaban J connectivity index is 1.94. The summed E-state index contributed by atoms with van der Waals surface area (Å²) in [6.45, 7) is 6.03. The van der Waals surface area contributed by atoms with Crippen LogP contribution in [-0.2, 0) is 9.53 Å². The number of hydrogen-bond acceptors (Lipinski definition) is 7. The van der Waals surface area contributed by atoms with Gasteiger partial charge in [0.25, 0.3) is 5.56 Å². The smallest absolute Gasteiger partial charge is 0.338 e. The maximum absolute atomic E-state index is 13.6. The van der Waals surface area contributed by atoms with Crippen LogP contribution in [0.5, 0.6) is 11.5 Å². The molecule has 0 saturated heterocycles. The van der Waals surface area contributed by atoms with Gasteiger partial charge in [0.1, 0.15) is 11.5 Å². The molecule has 1 aromatic heterocycles. The molecule has 0 aliphatic carbocycles. The Kier molecular flexibility index (Phi) is 7.35. The summed E-state index contributed by atoms with van der Waals surface area (Å²) in [5, 5.41) is 10.8. The predicted octanol–water partition coefficient (Wildman–Crippen LogP) is 4.21. The molecule has 3 aromatic rings. The van der Waals surface area contributed by atoms with Crippen molar-refractivity contribution in [2.75, 3.05) is 13.2 Å². The van der Waals surface area contributed by atoms with Crippen LogP contribution in [0.25, 0.3) is 6.08 Å². The number of allylic oxidation sites excluding steroid dienone is 1. The lowest BCUT2D eigenvalue weighted by atomic mass is 9.96. The molecule has 2 aromatic carbocycles. The van der Waals surface area contributed by atoms with E-state index < -0.39 is 12.0 Å². The molecule has 0 radical (unpaired) electrons. The van der Waals surface area contributed by atoms with E-state index in [9.17, 15) is 14.7 Å². The van der Waals surface area contributed by atoms with E-state index in [-0.39, 0.29) is 28.5 Å². The van der Waals surface area contributed by atoms with Crippen molar-refractivity contribution in [2.24, 2.45) is 4.99 Å². The largest absolute Gasteiger partial charge is 0.506 e. The summed E-state index contributed by atoms with van der Waals surface area (Å²) in [5.74, 6) is -0.0510. The second-order valence-corrected chi connectivity index (χ2v) is 9.48.